The normalized spacial score (nSPS) is 16.4. The van der Waals surface area contributed by atoms with Crippen LogP contribution in [-0.2, 0) is 11.2 Å². The smallest absolute Gasteiger partial charge is 0.122 e. The lowest BCUT2D eigenvalue weighted by Crippen LogP contribution is -2.48. The number of fused-ring (bicyclic) bond motifs is 6. The Labute approximate surface area is 188 Å². The van der Waals surface area contributed by atoms with Gasteiger partial charge in [0.2, 0.25) is 0 Å². The third kappa shape index (κ3) is 2.31. The molecule has 2 N–H and O–H groups in total. The quantitative estimate of drug-likeness (QED) is 0.424. The third-order valence-electron chi connectivity index (χ3n) is 7.43. The van der Waals surface area contributed by atoms with Crippen molar-refractivity contribution in [2.24, 2.45) is 5.92 Å². The molecule has 2 heteroatoms. The van der Waals surface area contributed by atoms with Crippen molar-refractivity contribution in [3.8, 4) is 22.3 Å². The molecule has 2 aliphatic rings. The maximum atomic E-state index is 12.7. The molecule has 1 radical (unpaired) electrons. The van der Waals surface area contributed by atoms with Crippen LogP contribution in [0.4, 0.5) is 0 Å². The first-order chi connectivity index (χ1) is 15.6. The van der Waals surface area contributed by atoms with Crippen LogP contribution in [-0.4, -0.2) is 10.2 Å². The van der Waals surface area contributed by atoms with E-state index in [1.807, 2.05) is 72.8 Å². The average molecular weight is 418 g/mol. The minimum absolute atomic E-state index is 0.512. The van der Waals surface area contributed by atoms with Crippen molar-refractivity contribution < 1.29 is 10.2 Å². The second-order valence-electron chi connectivity index (χ2n) is 8.91. The zero-order chi connectivity index (χ0) is 21.9. The van der Waals surface area contributed by atoms with Crippen molar-refractivity contribution >= 4 is 0 Å². The van der Waals surface area contributed by atoms with Crippen LogP contribution in [0, 0.1) is 12.8 Å². The molecule has 0 amide bonds. The Morgan fingerprint density at radius 2 is 0.812 bits per heavy atom. The number of benzene rings is 4. The summed E-state index contributed by atoms with van der Waals surface area (Å²) < 4.78 is 0. The van der Waals surface area contributed by atoms with Gasteiger partial charge in [-0.25, -0.2) is 0 Å². The van der Waals surface area contributed by atoms with Crippen LogP contribution < -0.4 is 0 Å². The van der Waals surface area contributed by atoms with Crippen molar-refractivity contribution in [2.75, 3.05) is 0 Å². The van der Waals surface area contributed by atoms with Crippen LogP contribution in [0.1, 0.15) is 35.1 Å². The summed E-state index contributed by atoms with van der Waals surface area (Å²) in [6.45, 7) is 4.13. The second-order valence-corrected chi connectivity index (χ2v) is 8.91. The fraction of sp³-hybridized carbons (Fsp3) is 0.167. The summed E-state index contributed by atoms with van der Waals surface area (Å²) in [7, 11) is 0. The molecule has 6 rings (SSSR count). The predicted octanol–water partition coefficient (Wildman–Crippen LogP) is 6.05. The molecule has 0 bridgehead atoms. The van der Waals surface area contributed by atoms with Gasteiger partial charge >= 0.3 is 0 Å². The molecular formula is C30H25O2. The Kier molecular flexibility index (Phi) is 4.20. The van der Waals surface area contributed by atoms with Crippen LogP contribution in [0.5, 0.6) is 0 Å². The average Bonchev–Trinajstić information content (AvgIpc) is 3.26. The highest BCUT2D eigenvalue weighted by Gasteiger charge is 2.58. The molecule has 2 aliphatic carbocycles. The number of hydrogen-bond acceptors (Lipinski definition) is 2. The molecule has 0 saturated heterocycles. The molecule has 0 saturated carbocycles. The Hall–Kier alpha value is -3.20. The maximum Gasteiger partial charge on any atom is 0.122 e. The first-order valence-electron chi connectivity index (χ1n) is 11.2. The molecule has 0 spiro atoms. The standard InChI is InChI=1S/C30H25O2/c1-2-11-28(29(31)24-16-7-3-12-20(24)21-13-4-8-17-25(21)29)30(32)26-18-9-5-14-22(26)23-15-6-10-19-27(23)30/h3-10,12-19,28,31-32H,1-2,11H2. The molecule has 0 fully saturated rings. The largest absolute Gasteiger partial charge is 0.380 e. The predicted molar refractivity (Wildman–Crippen MR) is 128 cm³/mol. The van der Waals surface area contributed by atoms with Gasteiger partial charge in [-0.3, -0.25) is 0 Å². The fourth-order valence-electron chi connectivity index (χ4n) is 6.17. The molecule has 157 valence electrons. The molecule has 0 aromatic heterocycles. The van der Waals surface area contributed by atoms with Gasteiger partial charge in [0.05, 0.1) is 0 Å². The van der Waals surface area contributed by atoms with E-state index in [0.29, 0.717) is 12.8 Å². The number of aliphatic hydroxyl groups is 2. The Morgan fingerprint density at radius 1 is 0.531 bits per heavy atom. The Balaban J connectivity index is 1.68. The summed E-state index contributed by atoms with van der Waals surface area (Å²) in [4.78, 5) is 0. The molecule has 0 unspecified atom stereocenters. The van der Waals surface area contributed by atoms with Crippen LogP contribution in [0.15, 0.2) is 97.1 Å². The summed E-state index contributed by atoms with van der Waals surface area (Å²) in [6, 6.07) is 32.2. The fourth-order valence-corrected chi connectivity index (χ4v) is 6.17. The lowest BCUT2D eigenvalue weighted by atomic mass is 9.65. The van der Waals surface area contributed by atoms with Gasteiger partial charge in [0.1, 0.15) is 11.2 Å². The molecule has 4 aromatic rings. The number of hydrogen-bond donors (Lipinski definition) is 2. The van der Waals surface area contributed by atoms with Gasteiger partial charge in [-0.1, -0.05) is 110 Å². The summed E-state index contributed by atoms with van der Waals surface area (Å²) in [5.41, 5.74) is 4.86. The summed E-state index contributed by atoms with van der Waals surface area (Å²) in [5.74, 6) is -0.512. The van der Waals surface area contributed by atoms with Gasteiger partial charge < -0.3 is 10.2 Å². The zero-order valence-electron chi connectivity index (χ0n) is 17.8. The van der Waals surface area contributed by atoms with Crippen molar-refractivity contribution in [3.63, 3.8) is 0 Å². The van der Waals surface area contributed by atoms with Crippen LogP contribution in [0.2, 0.25) is 0 Å². The summed E-state index contributed by atoms with van der Waals surface area (Å²) in [6.07, 6.45) is 1.17. The minimum atomic E-state index is -1.34. The lowest BCUT2D eigenvalue weighted by molar-refractivity contribution is -0.0933. The molecule has 2 nitrogen and oxygen atoms in total. The lowest BCUT2D eigenvalue weighted by Gasteiger charge is -2.44. The number of rotatable bonds is 4. The van der Waals surface area contributed by atoms with E-state index in [-0.39, 0.29) is 0 Å². The molecular weight excluding hydrogens is 392 g/mol. The molecule has 4 aromatic carbocycles. The first-order valence-corrected chi connectivity index (χ1v) is 11.2. The highest BCUT2D eigenvalue weighted by molar-refractivity contribution is 5.83. The van der Waals surface area contributed by atoms with Crippen molar-refractivity contribution in [1.29, 1.82) is 0 Å². The monoisotopic (exact) mass is 417 g/mol. The van der Waals surface area contributed by atoms with Gasteiger partial charge in [-0.15, -0.1) is 0 Å². The van der Waals surface area contributed by atoms with Crippen molar-refractivity contribution in [2.45, 2.75) is 24.0 Å². The van der Waals surface area contributed by atoms with E-state index in [1.54, 1.807) is 0 Å². The van der Waals surface area contributed by atoms with Crippen LogP contribution in [0.3, 0.4) is 0 Å². The Morgan fingerprint density at radius 3 is 1.09 bits per heavy atom. The molecule has 0 heterocycles. The SMILES string of the molecule is [CH2]CCC(C1(O)c2ccccc2-c2ccccc21)C1(O)c2ccccc2-c2ccccc21. The molecule has 32 heavy (non-hydrogen) atoms. The van der Waals surface area contributed by atoms with Gasteiger partial charge in [0, 0.05) is 5.92 Å². The van der Waals surface area contributed by atoms with E-state index in [2.05, 4.69) is 31.2 Å². The Bertz CT molecular complexity index is 1140. The van der Waals surface area contributed by atoms with E-state index in [1.165, 1.54) is 0 Å². The zero-order valence-corrected chi connectivity index (χ0v) is 17.8. The van der Waals surface area contributed by atoms with Gasteiger partial charge in [-0.05, 0) is 50.9 Å². The van der Waals surface area contributed by atoms with E-state index in [9.17, 15) is 10.2 Å². The van der Waals surface area contributed by atoms with Gasteiger partial charge in [0.25, 0.3) is 0 Å². The van der Waals surface area contributed by atoms with Crippen LogP contribution >= 0.6 is 0 Å². The van der Waals surface area contributed by atoms with Crippen LogP contribution in [0.25, 0.3) is 22.3 Å². The topological polar surface area (TPSA) is 40.5 Å². The third-order valence-corrected chi connectivity index (χ3v) is 7.43. The van der Waals surface area contributed by atoms with Crippen molar-refractivity contribution in [3.05, 3.63) is 126 Å². The highest BCUT2D eigenvalue weighted by atomic mass is 16.3. The van der Waals surface area contributed by atoms with Gasteiger partial charge in [-0.2, -0.15) is 0 Å². The van der Waals surface area contributed by atoms with E-state index < -0.39 is 17.1 Å². The molecule has 0 atom stereocenters. The van der Waals surface area contributed by atoms with E-state index in [4.69, 9.17) is 0 Å². The second kappa shape index (κ2) is 6.90. The summed E-state index contributed by atoms with van der Waals surface area (Å²) >= 11 is 0. The summed E-state index contributed by atoms with van der Waals surface area (Å²) in [5, 5.41) is 25.4. The maximum absolute atomic E-state index is 12.7. The molecule has 0 aliphatic heterocycles. The highest BCUT2D eigenvalue weighted by Crippen LogP contribution is 2.61. The van der Waals surface area contributed by atoms with Gasteiger partial charge in [0.15, 0.2) is 0 Å². The van der Waals surface area contributed by atoms with E-state index in [0.717, 1.165) is 44.5 Å². The van der Waals surface area contributed by atoms with E-state index >= 15 is 0 Å². The van der Waals surface area contributed by atoms with Crippen molar-refractivity contribution in [1.82, 2.24) is 0 Å². The first kappa shape index (κ1) is 19.5. The minimum Gasteiger partial charge on any atom is -0.380 e.